The van der Waals surface area contributed by atoms with E-state index in [4.69, 9.17) is 5.11 Å². The third-order valence-electron chi connectivity index (χ3n) is 2.57. The van der Waals surface area contributed by atoms with Crippen LogP contribution in [0.1, 0.15) is 30.6 Å². The standard InChI is InChI=1S/C13H17NO4S/c1-3-8-14-12(15)9(2)19(18)11-7-5-4-6-10(11)13(16)17/h4-7,9H,3,8H2,1-2H3,(H,14,15)(H,16,17). The van der Waals surface area contributed by atoms with Gasteiger partial charge in [0.05, 0.1) is 21.3 Å². The number of carbonyl (C=O) groups excluding carboxylic acids is 1. The van der Waals surface area contributed by atoms with Crippen molar-refractivity contribution in [1.82, 2.24) is 5.32 Å². The first-order chi connectivity index (χ1) is 8.99. The van der Waals surface area contributed by atoms with Crippen LogP contribution in [0, 0.1) is 0 Å². The average Bonchev–Trinajstić information content (AvgIpc) is 2.42. The molecule has 1 amide bonds. The summed E-state index contributed by atoms with van der Waals surface area (Å²) in [5.74, 6) is -1.48. The lowest BCUT2D eigenvalue weighted by atomic mass is 10.2. The minimum Gasteiger partial charge on any atom is -0.478 e. The van der Waals surface area contributed by atoms with Gasteiger partial charge in [0.1, 0.15) is 5.25 Å². The van der Waals surface area contributed by atoms with Crippen LogP contribution >= 0.6 is 0 Å². The highest BCUT2D eigenvalue weighted by atomic mass is 32.2. The molecule has 2 N–H and O–H groups in total. The molecule has 0 spiro atoms. The molecule has 0 radical (unpaired) electrons. The second kappa shape index (κ2) is 7.04. The Morgan fingerprint density at radius 1 is 1.37 bits per heavy atom. The van der Waals surface area contributed by atoms with Crippen LogP contribution in [0.4, 0.5) is 0 Å². The van der Waals surface area contributed by atoms with Gasteiger partial charge in [-0.15, -0.1) is 0 Å². The Morgan fingerprint density at radius 2 is 2.00 bits per heavy atom. The molecule has 0 heterocycles. The smallest absolute Gasteiger partial charge is 0.336 e. The molecular weight excluding hydrogens is 266 g/mol. The first-order valence-electron chi connectivity index (χ1n) is 5.99. The zero-order chi connectivity index (χ0) is 14.4. The molecule has 2 unspecified atom stereocenters. The minimum atomic E-state index is -1.69. The van der Waals surface area contributed by atoms with Gasteiger partial charge in [0.15, 0.2) is 0 Å². The normalized spacial score (nSPS) is 13.6. The van der Waals surface area contributed by atoms with Crippen molar-refractivity contribution in [1.29, 1.82) is 0 Å². The van der Waals surface area contributed by atoms with Crippen LogP contribution in [-0.2, 0) is 15.6 Å². The highest BCUT2D eigenvalue weighted by Gasteiger charge is 2.24. The summed E-state index contributed by atoms with van der Waals surface area (Å²) in [6.45, 7) is 3.96. The van der Waals surface area contributed by atoms with Crippen molar-refractivity contribution in [2.75, 3.05) is 6.54 Å². The van der Waals surface area contributed by atoms with Crippen LogP contribution in [0.5, 0.6) is 0 Å². The van der Waals surface area contributed by atoms with Crippen molar-refractivity contribution in [3.63, 3.8) is 0 Å². The molecule has 0 aliphatic rings. The highest BCUT2D eigenvalue weighted by molar-refractivity contribution is 7.86. The predicted octanol–water partition coefficient (Wildman–Crippen LogP) is 1.41. The predicted molar refractivity (Wildman–Crippen MR) is 72.6 cm³/mol. The summed E-state index contributed by atoms with van der Waals surface area (Å²) in [6, 6.07) is 6.03. The molecule has 0 saturated carbocycles. The number of hydrogen-bond acceptors (Lipinski definition) is 3. The first kappa shape index (κ1) is 15.4. The third kappa shape index (κ3) is 3.89. The molecule has 0 aliphatic heterocycles. The second-order valence-electron chi connectivity index (χ2n) is 4.03. The van der Waals surface area contributed by atoms with Crippen LogP contribution in [-0.4, -0.2) is 33.0 Å². The van der Waals surface area contributed by atoms with Gasteiger partial charge in [-0.05, 0) is 25.5 Å². The minimum absolute atomic E-state index is 0.0315. The van der Waals surface area contributed by atoms with Gasteiger partial charge >= 0.3 is 5.97 Å². The Labute approximate surface area is 114 Å². The summed E-state index contributed by atoms with van der Waals surface area (Å²) >= 11 is 0. The van der Waals surface area contributed by atoms with Crippen LogP contribution in [0.15, 0.2) is 29.2 Å². The average molecular weight is 283 g/mol. The number of hydrogen-bond donors (Lipinski definition) is 2. The van der Waals surface area contributed by atoms with Gasteiger partial charge < -0.3 is 10.4 Å². The van der Waals surface area contributed by atoms with Crippen molar-refractivity contribution >= 4 is 22.7 Å². The number of amides is 1. The Balaban J connectivity index is 2.94. The molecule has 0 fully saturated rings. The summed E-state index contributed by atoms with van der Waals surface area (Å²) in [5.41, 5.74) is -0.0315. The van der Waals surface area contributed by atoms with E-state index >= 15 is 0 Å². The summed E-state index contributed by atoms with van der Waals surface area (Å²) in [5, 5.41) is 10.9. The van der Waals surface area contributed by atoms with E-state index in [0.29, 0.717) is 6.54 Å². The Kier molecular flexibility index (Phi) is 5.69. The maximum atomic E-state index is 12.3. The molecule has 6 heteroatoms. The zero-order valence-electron chi connectivity index (χ0n) is 10.9. The van der Waals surface area contributed by atoms with Crippen molar-refractivity contribution in [2.24, 2.45) is 0 Å². The van der Waals surface area contributed by atoms with E-state index in [9.17, 15) is 13.8 Å². The molecule has 0 bridgehead atoms. The third-order valence-corrected chi connectivity index (χ3v) is 4.22. The van der Waals surface area contributed by atoms with E-state index in [1.165, 1.54) is 19.1 Å². The number of benzene rings is 1. The molecule has 0 aliphatic carbocycles. The Bertz CT molecular complexity index is 501. The lowest BCUT2D eigenvalue weighted by molar-refractivity contribution is -0.120. The van der Waals surface area contributed by atoms with Gasteiger partial charge in [0, 0.05) is 6.54 Å². The maximum absolute atomic E-state index is 12.3. The van der Waals surface area contributed by atoms with E-state index in [2.05, 4.69) is 5.32 Å². The lowest BCUT2D eigenvalue weighted by Gasteiger charge is -2.13. The molecule has 5 nitrogen and oxygen atoms in total. The van der Waals surface area contributed by atoms with E-state index in [0.717, 1.165) is 6.42 Å². The lowest BCUT2D eigenvalue weighted by Crippen LogP contribution is -2.36. The number of carboxylic acid groups (broad SMARTS) is 1. The largest absolute Gasteiger partial charge is 0.478 e. The van der Waals surface area contributed by atoms with Gasteiger partial charge in [-0.1, -0.05) is 19.1 Å². The quantitative estimate of drug-likeness (QED) is 0.826. The fourth-order valence-corrected chi connectivity index (χ4v) is 2.74. The molecule has 2 atom stereocenters. The zero-order valence-corrected chi connectivity index (χ0v) is 11.7. The van der Waals surface area contributed by atoms with Crippen molar-refractivity contribution in [3.05, 3.63) is 29.8 Å². The highest BCUT2D eigenvalue weighted by Crippen LogP contribution is 2.17. The Morgan fingerprint density at radius 3 is 2.58 bits per heavy atom. The molecule has 104 valence electrons. The molecule has 1 aromatic rings. The van der Waals surface area contributed by atoms with E-state index < -0.39 is 22.0 Å². The molecule has 0 aromatic heterocycles. The summed E-state index contributed by atoms with van der Waals surface area (Å²) < 4.78 is 12.3. The number of rotatable bonds is 6. The fraction of sp³-hybridized carbons (Fsp3) is 0.385. The molecule has 0 saturated heterocycles. The van der Waals surface area contributed by atoms with Gasteiger partial charge in [-0.3, -0.25) is 9.00 Å². The summed E-state index contributed by atoms with van der Waals surface area (Å²) in [6.07, 6.45) is 0.788. The van der Waals surface area contributed by atoms with Crippen molar-refractivity contribution in [2.45, 2.75) is 30.4 Å². The molecule has 1 aromatic carbocycles. The molecule has 19 heavy (non-hydrogen) atoms. The first-order valence-corrected chi connectivity index (χ1v) is 7.21. The van der Waals surface area contributed by atoms with Gasteiger partial charge in [-0.25, -0.2) is 4.79 Å². The van der Waals surface area contributed by atoms with Crippen LogP contribution in [0.3, 0.4) is 0 Å². The van der Waals surface area contributed by atoms with Crippen LogP contribution < -0.4 is 5.32 Å². The van der Waals surface area contributed by atoms with Gasteiger partial charge in [0.2, 0.25) is 5.91 Å². The number of carbonyl (C=O) groups is 2. The second-order valence-corrected chi connectivity index (χ2v) is 5.77. The number of aromatic carboxylic acids is 1. The monoisotopic (exact) mass is 283 g/mol. The maximum Gasteiger partial charge on any atom is 0.336 e. The fourth-order valence-electron chi connectivity index (χ4n) is 1.50. The van der Waals surface area contributed by atoms with E-state index in [1.807, 2.05) is 6.92 Å². The molecular formula is C13H17NO4S. The van der Waals surface area contributed by atoms with E-state index in [1.54, 1.807) is 12.1 Å². The van der Waals surface area contributed by atoms with Crippen molar-refractivity contribution in [3.8, 4) is 0 Å². The van der Waals surface area contributed by atoms with E-state index in [-0.39, 0.29) is 16.4 Å². The number of carboxylic acids is 1. The topological polar surface area (TPSA) is 83.5 Å². The summed E-state index contributed by atoms with van der Waals surface area (Å²) in [4.78, 5) is 23.0. The van der Waals surface area contributed by atoms with Gasteiger partial charge in [-0.2, -0.15) is 0 Å². The number of nitrogens with one attached hydrogen (secondary N) is 1. The van der Waals surface area contributed by atoms with Crippen LogP contribution in [0.25, 0.3) is 0 Å². The van der Waals surface area contributed by atoms with Crippen LogP contribution in [0.2, 0.25) is 0 Å². The van der Waals surface area contributed by atoms with Crippen molar-refractivity contribution < 1.29 is 18.9 Å². The molecule has 1 rings (SSSR count). The SMILES string of the molecule is CCCNC(=O)C(C)S(=O)c1ccccc1C(=O)O. The van der Waals surface area contributed by atoms with Gasteiger partial charge in [0.25, 0.3) is 0 Å². The Hall–Kier alpha value is -1.69. The summed E-state index contributed by atoms with van der Waals surface area (Å²) in [7, 11) is -1.69.